The normalized spacial score (nSPS) is 14.0. The SMILES string of the molecule is CCN(C(=O)CC(O)COc1cccc2c1CCC(=O)N2)c1ccc(C)cc1. The first kappa shape index (κ1) is 19.9. The summed E-state index contributed by atoms with van der Waals surface area (Å²) < 4.78 is 5.77. The molecule has 2 aromatic rings. The summed E-state index contributed by atoms with van der Waals surface area (Å²) in [5.41, 5.74) is 3.62. The van der Waals surface area contributed by atoms with Crippen molar-refractivity contribution in [3.8, 4) is 5.75 Å². The molecule has 2 amide bonds. The molecule has 1 unspecified atom stereocenters. The maximum absolute atomic E-state index is 12.6. The zero-order chi connectivity index (χ0) is 20.1. The van der Waals surface area contributed by atoms with Gasteiger partial charge < -0.3 is 20.1 Å². The summed E-state index contributed by atoms with van der Waals surface area (Å²) in [5, 5.41) is 13.1. The van der Waals surface area contributed by atoms with Gasteiger partial charge in [0.1, 0.15) is 12.4 Å². The summed E-state index contributed by atoms with van der Waals surface area (Å²) in [6, 6.07) is 13.2. The van der Waals surface area contributed by atoms with Crippen molar-refractivity contribution in [1.82, 2.24) is 0 Å². The number of amides is 2. The number of aryl methyl sites for hydroxylation is 1. The van der Waals surface area contributed by atoms with E-state index >= 15 is 0 Å². The van der Waals surface area contributed by atoms with Crippen LogP contribution in [0.25, 0.3) is 0 Å². The zero-order valence-corrected chi connectivity index (χ0v) is 16.3. The number of aliphatic hydroxyl groups is 1. The molecule has 0 aromatic heterocycles. The Morgan fingerprint density at radius 2 is 1.96 bits per heavy atom. The van der Waals surface area contributed by atoms with Crippen molar-refractivity contribution in [3.05, 3.63) is 53.6 Å². The second-order valence-electron chi connectivity index (χ2n) is 6.97. The number of carbonyl (C=O) groups is 2. The molecule has 2 aromatic carbocycles. The topological polar surface area (TPSA) is 78.9 Å². The number of benzene rings is 2. The van der Waals surface area contributed by atoms with Crippen molar-refractivity contribution >= 4 is 23.2 Å². The zero-order valence-electron chi connectivity index (χ0n) is 16.3. The third-order valence-electron chi connectivity index (χ3n) is 4.81. The molecule has 6 nitrogen and oxygen atoms in total. The molecule has 0 saturated heterocycles. The molecule has 0 bridgehead atoms. The highest BCUT2D eigenvalue weighted by molar-refractivity contribution is 5.94. The lowest BCUT2D eigenvalue weighted by molar-refractivity contribution is -0.121. The van der Waals surface area contributed by atoms with Crippen LogP contribution in [0.1, 0.15) is 30.9 Å². The first-order chi connectivity index (χ1) is 13.5. The highest BCUT2D eigenvalue weighted by Gasteiger charge is 2.21. The number of nitrogens with zero attached hydrogens (tertiary/aromatic N) is 1. The van der Waals surface area contributed by atoms with Crippen LogP contribution < -0.4 is 15.0 Å². The first-order valence-electron chi connectivity index (χ1n) is 9.57. The van der Waals surface area contributed by atoms with E-state index in [0.717, 1.165) is 22.5 Å². The van der Waals surface area contributed by atoms with Crippen LogP contribution in [0.2, 0.25) is 0 Å². The van der Waals surface area contributed by atoms with E-state index in [1.54, 1.807) is 11.0 Å². The quantitative estimate of drug-likeness (QED) is 0.771. The van der Waals surface area contributed by atoms with Crippen LogP contribution in [-0.4, -0.2) is 36.2 Å². The summed E-state index contributed by atoms with van der Waals surface area (Å²) in [5.74, 6) is 0.478. The number of nitrogens with one attached hydrogen (secondary N) is 1. The maximum Gasteiger partial charge on any atom is 0.229 e. The Bertz CT molecular complexity index is 848. The molecule has 2 N–H and O–H groups in total. The number of rotatable bonds is 7. The van der Waals surface area contributed by atoms with E-state index in [2.05, 4.69) is 5.32 Å². The number of hydrogen-bond acceptors (Lipinski definition) is 4. The fourth-order valence-electron chi connectivity index (χ4n) is 3.31. The average Bonchev–Trinajstić information content (AvgIpc) is 2.68. The molecule has 148 valence electrons. The second-order valence-corrected chi connectivity index (χ2v) is 6.97. The fraction of sp³-hybridized carbons (Fsp3) is 0.364. The minimum atomic E-state index is -0.916. The van der Waals surface area contributed by atoms with E-state index in [1.807, 2.05) is 50.2 Å². The lowest BCUT2D eigenvalue weighted by Crippen LogP contribution is -2.34. The van der Waals surface area contributed by atoms with Gasteiger partial charge in [-0.2, -0.15) is 0 Å². The maximum atomic E-state index is 12.6. The molecule has 0 radical (unpaired) electrons. The van der Waals surface area contributed by atoms with Gasteiger partial charge in [-0.15, -0.1) is 0 Å². The molecule has 28 heavy (non-hydrogen) atoms. The van der Waals surface area contributed by atoms with Gasteiger partial charge in [-0.3, -0.25) is 9.59 Å². The van der Waals surface area contributed by atoms with Gasteiger partial charge in [0.25, 0.3) is 0 Å². The van der Waals surface area contributed by atoms with Crippen LogP contribution in [0.4, 0.5) is 11.4 Å². The predicted octanol–water partition coefficient (Wildman–Crippen LogP) is 3.06. The van der Waals surface area contributed by atoms with Gasteiger partial charge in [-0.25, -0.2) is 0 Å². The monoisotopic (exact) mass is 382 g/mol. The average molecular weight is 382 g/mol. The van der Waals surface area contributed by atoms with Crippen molar-refractivity contribution < 1.29 is 19.4 Å². The lowest BCUT2D eigenvalue weighted by atomic mass is 10.0. The van der Waals surface area contributed by atoms with E-state index in [1.165, 1.54) is 0 Å². The highest BCUT2D eigenvalue weighted by atomic mass is 16.5. The van der Waals surface area contributed by atoms with Gasteiger partial charge in [0, 0.05) is 29.9 Å². The summed E-state index contributed by atoms with van der Waals surface area (Å²) in [7, 11) is 0. The van der Waals surface area contributed by atoms with Crippen LogP contribution in [0, 0.1) is 6.92 Å². The molecule has 6 heteroatoms. The molecular formula is C22H26N2O4. The van der Waals surface area contributed by atoms with Crippen LogP contribution in [-0.2, 0) is 16.0 Å². The van der Waals surface area contributed by atoms with Gasteiger partial charge in [-0.1, -0.05) is 23.8 Å². The summed E-state index contributed by atoms with van der Waals surface area (Å²) in [4.78, 5) is 25.8. The molecule has 1 heterocycles. The van der Waals surface area contributed by atoms with E-state index < -0.39 is 6.10 Å². The van der Waals surface area contributed by atoms with Gasteiger partial charge >= 0.3 is 0 Å². The van der Waals surface area contributed by atoms with Crippen molar-refractivity contribution in [2.75, 3.05) is 23.4 Å². The Morgan fingerprint density at radius 1 is 1.21 bits per heavy atom. The molecule has 0 aliphatic carbocycles. The van der Waals surface area contributed by atoms with Gasteiger partial charge in [0.05, 0.1) is 12.5 Å². The molecule has 0 saturated carbocycles. The number of anilines is 2. The summed E-state index contributed by atoms with van der Waals surface area (Å²) in [6.45, 7) is 4.45. The molecule has 0 fully saturated rings. The molecule has 3 rings (SSSR count). The molecular weight excluding hydrogens is 356 g/mol. The van der Waals surface area contributed by atoms with E-state index in [-0.39, 0.29) is 24.8 Å². The van der Waals surface area contributed by atoms with Gasteiger partial charge in [-0.05, 0) is 44.5 Å². The number of aliphatic hydroxyl groups excluding tert-OH is 1. The van der Waals surface area contributed by atoms with E-state index in [9.17, 15) is 14.7 Å². The van der Waals surface area contributed by atoms with Crippen molar-refractivity contribution in [2.24, 2.45) is 0 Å². The fourth-order valence-corrected chi connectivity index (χ4v) is 3.31. The number of ether oxygens (including phenoxy) is 1. The van der Waals surface area contributed by atoms with Crippen molar-refractivity contribution in [2.45, 2.75) is 39.2 Å². The van der Waals surface area contributed by atoms with Gasteiger partial charge in [0.2, 0.25) is 11.8 Å². The minimum Gasteiger partial charge on any atom is -0.491 e. The Morgan fingerprint density at radius 3 is 2.68 bits per heavy atom. The smallest absolute Gasteiger partial charge is 0.229 e. The molecule has 1 aliphatic rings. The third kappa shape index (κ3) is 4.70. The van der Waals surface area contributed by atoms with Crippen LogP contribution in [0.5, 0.6) is 5.75 Å². The Labute approximate surface area is 165 Å². The number of carbonyl (C=O) groups excluding carboxylic acids is 2. The second kappa shape index (κ2) is 8.89. The summed E-state index contributed by atoms with van der Waals surface area (Å²) in [6.07, 6.45) is 0.0776. The minimum absolute atomic E-state index is 0.00829. The molecule has 1 aliphatic heterocycles. The lowest BCUT2D eigenvalue weighted by Gasteiger charge is -2.23. The van der Waals surface area contributed by atoms with E-state index in [0.29, 0.717) is 25.1 Å². The number of hydrogen-bond donors (Lipinski definition) is 2. The van der Waals surface area contributed by atoms with Crippen molar-refractivity contribution in [3.63, 3.8) is 0 Å². The standard InChI is InChI=1S/C22H26N2O4/c1-3-24(16-9-7-15(2)8-10-16)22(27)13-17(25)14-28-20-6-4-5-19-18(20)11-12-21(26)23-19/h4-10,17,25H,3,11-14H2,1-2H3,(H,23,26). The van der Waals surface area contributed by atoms with Crippen LogP contribution in [0.15, 0.2) is 42.5 Å². The Kier molecular flexibility index (Phi) is 6.31. The van der Waals surface area contributed by atoms with Crippen LogP contribution in [0.3, 0.4) is 0 Å². The summed E-state index contributed by atoms with van der Waals surface area (Å²) >= 11 is 0. The molecule has 0 spiro atoms. The molecule has 1 atom stereocenters. The Balaban J connectivity index is 1.59. The highest BCUT2D eigenvalue weighted by Crippen LogP contribution is 2.31. The van der Waals surface area contributed by atoms with E-state index in [4.69, 9.17) is 4.74 Å². The number of fused-ring (bicyclic) bond motifs is 1. The van der Waals surface area contributed by atoms with Crippen molar-refractivity contribution in [1.29, 1.82) is 0 Å². The van der Waals surface area contributed by atoms with Gasteiger partial charge in [0.15, 0.2) is 0 Å². The van der Waals surface area contributed by atoms with Crippen LogP contribution >= 0.6 is 0 Å². The predicted molar refractivity (Wildman–Crippen MR) is 109 cm³/mol. The third-order valence-corrected chi connectivity index (χ3v) is 4.81. The Hall–Kier alpha value is -2.86. The largest absolute Gasteiger partial charge is 0.491 e. The first-order valence-corrected chi connectivity index (χ1v) is 9.57.